The Hall–Kier alpha value is -2.02. The smallest absolute Gasteiger partial charge is 0.291 e. The minimum absolute atomic E-state index is 0.179. The molecule has 1 fully saturated rings. The molecule has 2 aromatic heterocycles. The normalized spacial score (nSPS) is 16.8. The first-order chi connectivity index (χ1) is 11.0. The molecule has 3 heterocycles. The zero-order valence-corrected chi connectivity index (χ0v) is 14.0. The van der Waals surface area contributed by atoms with Gasteiger partial charge in [-0.3, -0.25) is 4.79 Å². The lowest BCUT2D eigenvalue weighted by molar-refractivity contribution is 0.0934. The molecule has 1 aliphatic rings. The SMILES string of the molecule is Cc1cc(C)n2nc(C(=O)NCCN3CCC(C)CC3)nc2n1. The molecule has 0 aliphatic carbocycles. The molecule has 0 spiro atoms. The largest absolute Gasteiger partial charge is 0.348 e. The standard InChI is InChI=1S/C16H24N6O/c1-11-4-7-21(8-5-11)9-6-17-15(23)14-19-16-18-12(2)10-13(3)22(16)20-14/h10-11H,4-9H2,1-3H3,(H,17,23). The topological polar surface area (TPSA) is 75.4 Å². The molecule has 1 aliphatic heterocycles. The number of hydrogen-bond donors (Lipinski definition) is 1. The van der Waals surface area contributed by atoms with Crippen LogP contribution in [0.25, 0.3) is 5.78 Å². The number of carbonyl (C=O) groups excluding carboxylic acids is 1. The van der Waals surface area contributed by atoms with E-state index in [1.54, 1.807) is 4.52 Å². The van der Waals surface area contributed by atoms with E-state index in [0.717, 1.165) is 36.9 Å². The number of aromatic nitrogens is 4. The average molecular weight is 316 g/mol. The number of nitrogens with zero attached hydrogens (tertiary/aromatic N) is 5. The molecular formula is C16H24N6O. The maximum Gasteiger partial charge on any atom is 0.291 e. The zero-order valence-electron chi connectivity index (χ0n) is 14.0. The highest BCUT2D eigenvalue weighted by Crippen LogP contribution is 2.15. The zero-order chi connectivity index (χ0) is 16.4. The second-order valence-corrected chi connectivity index (χ2v) is 6.47. The quantitative estimate of drug-likeness (QED) is 0.917. The summed E-state index contributed by atoms with van der Waals surface area (Å²) in [6.07, 6.45) is 2.48. The molecule has 2 aromatic rings. The highest BCUT2D eigenvalue weighted by Gasteiger charge is 2.17. The second kappa shape index (κ2) is 6.62. The Kier molecular flexibility index (Phi) is 4.56. The fourth-order valence-corrected chi connectivity index (χ4v) is 2.95. The molecule has 7 nitrogen and oxygen atoms in total. The van der Waals surface area contributed by atoms with Gasteiger partial charge in [0.2, 0.25) is 5.82 Å². The van der Waals surface area contributed by atoms with E-state index in [1.807, 2.05) is 19.9 Å². The van der Waals surface area contributed by atoms with Gasteiger partial charge < -0.3 is 10.2 Å². The number of amides is 1. The minimum atomic E-state index is -0.238. The Bertz CT molecular complexity index is 702. The number of nitrogens with one attached hydrogen (secondary N) is 1. The van der Waals surface area contributed by atoms with Crippen LogP contribution in [0, 0.1) is 19.8 Å². The lowest BCUT2D eigenvalue weighted by Gasteiger charge is -2.29. The Balaban J connectivity index is 1.57. The number of piperidine rings is 1. The fraction of sp³-hybridized carbons (Fsp3) is 0.625. The summed E-state index contributed by atoms with van der Waals surface area (Å²) in [6, 6.07) is 1.92. The Morgan fingerprint density at radius 3 is 2.78 bits per heavy atom. The molecule has 7 heteroatoms. The summed E-state index contributed by atoms with van der Waals surface area (Å²) in [5.41, 5.74) is 1.79. The molecule has 0 saturated carbocycles. The number of fused-ring (bicyclic) bond motifs is 1. The fourth-order valence-electron chi connectivity index (χ4n) is 2.95. The van der Waals surface area contributed by atoms with E-state index < -0.39 is 0 Å². The van der Waals surface area contributed by atoms with E-state index in [1.165, 1.54) is 12.8 Å². The highest BCUT2D eigenvalue weighted by atomic mass is 16.2. The van der Waals surface area contributed by atoms with Crippen LogP contribution in [0.15, 0.2) is 6.07 Å². The van der Waals surface area contributed by atoms with Crippen LogP contribution in [-0.2, 0) is 0 Å². The van der Waals surface area contributed by atoms with Crippen LogP contribution < -0.4 is 5.32 Å². The van der Waals surface area contributed by atoms with Crippen molar-refractivity contribution >= 4 is 11.7 Å². The maximum absolute atomic E-state index is 12.2. The molecule has 1 saturated heterocycles. The van der Waals surface area contributed by atoms with Crippen molar-refractivity contribution in [2.75, 3.05) is 26.2 Å². The maximum atomic E-state index is 12.2. The van der Waals surface area contributed by atoms with Crippen molar-refractivity contribution in [1.29, 1.82) is 0 Å². The monoisotopic (exact) mass is 316 g/mol. The van der Waals surface area contributed by atoms with Gasteiger partial charge in [-0.15, -0.1) is 5.10 Å². The summed E-state index contributed by atoms with van der Waals surface area (Å²) >= 11 is 0. The molecule has 3 rings (SSSR count). The van der Waals surface area contributed by atoms with Crippen LogP contribution in [0.4, 0.5) is 0 Å². The van der Waals surface area contributed by atoms with Crippen LogP contribution in [0.2, 0.25) is 0 Å². The van der Waals surface area contributed by atoms with Crippen molar-refractivity contribution in [1.82, 2.24) is 29.8 Å². The van der Waals surface area contributed by atoms with Gasteiger partial charge in [-0.1, -0.05) is 6.92 Å². The van der Waals surface area contributed by atoms with Crippen LogP contribution >= 0.6 is 0 Å². The van der Waals surface area contributed by atoms with E-state index in [9.17, 15) is 4.79 Å². The third-order valence-electron chi connectivity index (χ3n) is 4.41. The van der Waals surface area contributed by atoms with Crippen molar-refractivity contribution in [3.63, 3.8) is 0 Å². The van der Waals surface area contributed by atoms with Crippen molar-refractivity contribution in [2.45, 2.75) is 33.6 Å². The van der Waals surface area contributed by atoms with Gasteiger partial charge in [0.15, 0.2) is 0 Å². The third-order valence-corrected chi connectivity index (χ3v) is 4.41. The van der Waals surface area contributed by atoms with Crippen molar-refractivity contribution in [3.8, 4) is 0 Å². The van der Waals surface area contributed by atoms with Crippen LogP contribution in [0.3, 0.4) is 0 Å². The lowest BCUT2D eigenvalue weighted by Crippen LogP contribution is -2.39. The Labute approximate surface area is 136 Å². The van der Waals surface area contributed by atoms with Gasteiger partial charge in [0.1, 0.15) is 0 Å². The Morgan fingerprint density at radius 2 is 2.04 bits per heavy atom. The van der Waals surface area contributed by atoms with E-state index in [-0.39, 0.29) is 11.7 Å². The summed E-state index contributed by atoms with van der Waals surface area (Å²) in [6.45, 7) is 9.86. The summed E-state index contributed by atoms with van der Waals surface area (Å²) in [7, 11) is 0. The molecule has 1 N–H and O–H groups in total. The summed E-state index contributed by atoms with van der Waals surface area (Å²) in [4.78, 5) is 23.1. The van der Waals surface area contributed by atoms with E-state index in [0.29, 0.717) is 12.3 Å². The summed E-state index contributed by atoms with van der Waals surface area (Å²) < 4.78 is 1.61. The molecule has 0 radical (unpaired) electrons. The number of hydrogen-bond acceptors (Lipinski definition) is 5. The van der Waals surface area contributed by atoms with Gasteiger partial charge in [0, 0.05) is 24.5 Å². The van der Waals surface area contributed by atoms with E-state index in [2.05, 4.69) is 32.2 Å². The molecule has 124 valence electrons. The molecule has 0 atom stereocenters. The first-order valence-electron chi connectivity index (χ1n) is 8.24. The second-order valence-electron chi connectivity index (χ2n) is 6.47. The van der Waals surface area contributed by atoms with Gasteiger partial charge in [-0.05, 0) is 51.8 Å². The first-order valence-corrected chi connectivity index (χ1v) is 8.24. The van der Waals surface area contributed by atoms with Gasteiger partial charge >= 0.3 is 0 Å². The van der Waals surface area contributed by atoms with Crippen LogP contribution in [0.5, 0.6) is 0 Å². The van der Waals surface area contributed by atoms with Crippen molar-refractivity contribution in [2.24, 2.45) is 5.92 Å². The van der Waals surface area contributed by atoms with Crippen molar-refractivity contribution < 1.29 is 4.79 Å². The predicted octanol–water partition coefficient (Wildman–Crippen LogP) is 1.20. The van der Waals surface area contributed by atoms with E-state index in [4.69, 9.17) is 0 Å². The number of rotatable bonds is 4. The Morgan fingerprint density at radius 1 is 1.30 bits per heavy atom. The summed E-state index contributed by atoms with van der Waals surface area (Å²) in [5, 5.41) is 7.15. The molecule has 0 aromatic carbocycles. The third kappa shape index (κ3) is 3.67. The average Bonchev–Trinajstić information content (AvgIpc) is 2.93. The molecule has 0 unspecified atom stereocenters. The van der Waals surface area contributed by atoms with Gasteiger partial charge in [-0.25, -0.2) is 9.50 Å². The summed E-state index contributed by atoms with van der Waals surface area (Å²) in [5.74, 6) is 1.23. The molecule has 1 amide bonds. The number of carbonyl (C=O) groups is 1. The molecular weight excluding hydrogens is 292 g/mol. The van der Waals surface area contributed by atoms with E-state index >= 15 is 0 Å². The first kappa shape index (κ1) is 15.9. The number of likely N-dealkylation sites (tertiary alicyclic amines) is 1. The van der Waals surface area contributed by atoms with Gasteiger partial charge in [0.25, 0.3) is 11.7 Å². The van der Waals surface area contributed by atoms with Gasteiger partial charge in [0.05, 0.1) is 0 Å². The van der Waals surface area contributed by atoms with Crippen LogP contribution in [0.1, 0.15) is 41.8 Å². The highest BCUT2D eigenvalue weighted by molar-refractivity contribution is 5.90. The molecule has 0 bridgehead atoms. The molecule has 23 heavy (non-hydrogen) atoms. The van der Waals surface area contributed by atoms with Gasteiger partial charge in [-0.2, -0.15) is 4.98 Å². The lowest BCUT2D eigenvalue weighted by atomic mass is 9.99. The van der Waals surface area contributed by atoms with Crippen LogP contribution in [-0.4, -0.2) is 56.6 Å². The number of aryl methyl sites for hydroxylation is 2. The minimum Gasteiger partial charge on any atom is -0.348 e. The predicted molar refractivity (Wildman–Crippen MR) is 87.4 cm³/mol. The van der Waals surface area contributed by atoms with Crippen molar-refractivity contribution in [3.05, 3.63) is 23.3 Å².